The average Bonchev–Trinajstić information content (AvgIpc) is 0.856. The van der Waals surface area contributed by atoms with Gasteiger partial charge in [-0.1, -0.05) is 104 Å². The van der Waals surface area contributed by atoms with E-state index in [2.05, 4.69) is 81.0 Å². The number of aliphatic imine (C=N–C) groups is 1. The van der Waals surface area contributed by atoms with Gasteiger partial charge in [-0.3, -0.25) is 96.1 Å². The number of nitrogens with one attached hydrogen (secondary N) is 14. The Bertz CT molecular complexity index is 3650. The highest BCUT2D eigenvalue weighted by Crippen LogP contribution is 2.17. The predicted molar refractivity (Wildman–Crippen MR) is 478 cm³/mol. The van der Waals surface area contributed by atoms with Crippen LogP contribution in [0.5, 0.6) is 0 Å². The number of guanidine groups is 1. The molecule has 0 rings (SSSR count). The van der Waals surface area contributed by atoms with Crippen LogP contribution in [0.3, 0.4) is 0 Å². The molecule has 0 radical (unpaired) electrons. The first-order valence-electron chi connectivity index (χ1n) is 45.3. The van der Waals surface area contributed by atoms with Crippen molar-refractivity contribution < 1.29 is 121 Å². The van der Waals surface area contributed by atoms with Gasteiger partial charge in [-0.05, 0) is 155 Å². The number of carbonyl (C=O) groups is 20. The number of hydrogen-bond acceptors (Lipinski definition) is 26. The van der Waals surface area contributed by atoms with E-state index in [0.717, 1.165) is 32.1 Å². The van der Waals surface area contributed by atoms with E-state index in [9.17, 15) is 121 Å². The van der Waals surface area contributed by atoms with Crippen molar-refractivity contribution in [3.8, 4) is 0 Å². The maximum absolute atomic E-state index is 14.8. The second kappa shape index (κ2) is 70.3. The van der Waals surface area contributed by atoms with E-state index in [-0.39, 0.29) is 116 Å². The van der Waals surface area contributed by atoms with Crippen LogP contribution in [0.25, 0.3) is 0 Å². The lowest BCUT2D eigenvalue weighted by Crippen LogP contribution is -2.61. The molecule has 0 aliphatic heterocycles. The Morgan fingerprint density at radius 3 is 0.977 bits per heavy atom. The molecule has 0 saturated carbocycles. The first-order chi connectivity index (χ1) is 62.1. The van der Waals surface area contributed by atoms with Gasteiger partial charge in [0.1, 0.15) is 78.5 Å². The van der Waals surface area contributed by atoms with Gasteiger partial charge >= 0.3 is 23.9 Å². The highest BCUT2D eigenvalue weighted by molar-refractivity contribution is 6.01. The SMILES string of the molecule is CCCCCCCCCCCCCCCC(=O)NCC(=O)N[C@@H](CC(=O)O)C(=O)N[C@@H](CCC(=O)O)C(=O)N[C@@H](CC(N)=O)C(=O)N[C@@H](CO)C(=O)N[C@@H](CCC(=O)O)C(=O)N[C@@H](CCCCN)C(=O)N[C@@H](CCCCN)C(=O)N[C@@H](CCCN=C(N)N)C(=O)N[C@@H](CCCCN)C(=O)N[C@@H](CCC(N)=O)C(=O)N[C@@H](C)C(=O)N[C@H](C(=O)N[C@@H](CCCCN)C(=O)O)[C@@H](C)CC. The molecule has 0 aromatic rings. The number of primary amides is 2. The summed E-state index contributed by atoms with van der Waals surface area (Å²) in [6.07, 6.45) is 8.99. The molecule has 0 aromatic carbocycles. The third-order valence-electron chi connectivity index (χ3n) is 21.1. The van der Waals surface area contributed by atoms with E-state index in [4.69, 9.17) is 45.9 Å². The summed E-state index contributed by atoms with van der Waals surface area (Å²) in [7, 11) is 0. The number of carboxylic acid groups (broad SMARTS) is 4. The summed E-state index contributed by atoms with van der Waals surface area (Å²) in [4.78, 5) is 273. The van der Waals surface area contributed by atoms with Gasteiger partial charge in [0, 0.05) is 32.2 Å². The van der Waals surface area contributed by atoms with Crippen molar-refractivity contribution in [3.05, 3.63) is 0 Å². The van der Waals surface area contributed by atoms with Crippen molar-refractivity contribution in [1.29, 1.82) is 0 Å². The van der Waals surface area contributed by atoms with Crippen LogP contribution >= 0.6 is 0 Å². The van der Waals surface area contributed by atoms with Gasteiger partial charge < -0.3 is 146 Å². The van der Waals surface area contributed by atoms with Crippen LogP contribution in [0.1, 0.15) is 265 Å². The van der Waals surface area contributed by atoms with Crippen LogP contribution in [0.4, 0.5) is 0 Å². The smallest absolute Gasteiger partial charge is 0.326 e. The van der Waals surface area contributed by atoms with Crippen molar-refractivity contribution in [3.63, 3.8) is 0 Å². The standard InChI is InChI=1S/C83H149N23O25/c1-5-7-8-9-10-11-12-13-14-15-16-17-18-33-64(110)93-47-65(111)95-60(46-68(116)117)79(127)101-57(36-39-67(114)115)77(125)104-59(45-63(89)109)78(126)105-61(48-107)80(128)102-56(35-38-66(112)113)76(124)98-52(29-20-24-41-85)72(120)96-51(28-19-23-40-84)73(121)99-54(32-27-44-92-83(90)91)75(123)97-53(30-21-25-42-86)74(122)100-55(34-37-62(88)108)71(119)94-50(4)70(118)106-69(49(3)6-2)81(129)103-58(82(130)131)31-22-26-43-87/h49-61,69,107H,5-48,84-87H2,1-4H3,(H2,88,108)(H2,89,109)(H,93,110)(H,94,119)(H,95,111)(H,96,120)(H,97,123)(H,98,124)(H,99,121)(H,100,122)(H,101,127)(H,102,128)(H,103,129)(H,104,125)(H,105,126)(H,106,118)(H,112,113)(H,114,115)(H,116,117)(H,130,131)(H4,90,91,92)/t49-,50-,51-,52-,53-,54-,55-,56-,57-,58-,59-,60-,61-,69-/m0/s1. The molecule has 746 valence electrons. The van der Waals surface area contributed by atoms with Crippen molar-refractivity contribution in [1.82, 2.24) is 74.4 Å². The summed E-state index contributed by atoms with van der Waals surface area (Å²) in [6, 6.07) is -22.3. The third kappa shape index (κ3) is 55.3. The van der Waals surface area contributed by atoms with E-state index < -0.39 is 267 Å². The third-order valence-corrected chi connectivity index (χ3v) is 21.1. The summed E-state index contributed by atoms with van der Waals surface area (Å²) in [6.45, 7) is 5.13. The fourth-order valence-corrected chi connectivity index (χ4v) is 13.3. The molecule has 0 heterocycles. The zero-order chi connectivity index (χ0) is 98.9. The fraction of sp³-hybridized carbons (Fsp3) is 0.747. The molecule has 48 heteroatoms. The van der Waals surface area contributed by atoms with Gasteiger partial charge in [-0.2, -0.15) is 0 Å². The Morgan fingerprint density at radius 2 is 0.626 bits per heavy atom. The monoisotopic (exact) mass is 1870 g/mol. The molecule has 0 saturated heterocycles. The fourth-order valence-electron chi connectivity index (χ4n) is 13.3. The Kier molecular flexibility index (Phi) is 64.1. The lowest BCUT2D eigenvalue weighted by molar-refractivity contribution is -0.143. The number of rotatable bonds is 78. The number of aliphatic hydroxyl groups is 1. The summed E-state index contributed by atoms with van der Waals surface area (Å²) in [5.74, 6) is -24.5. The van der Waals surface area contributed by atoms with Crippen molar-refractivity contribution in [2.45, 2.75) is 344 Å². The van der Waals surface area contributed by atoms with Gasteiger partial charge in [0.2, 0.25) is 94.5 Å². The molecule has 0 aliphatic rings. The molecule has 0 bridgehead atoms. The minimum Gasteiger partial charge on any atom is -0.481 e. The largest absolute Gasteiger partial charge is 0.481 e. The van der Waals surface area contributed by atoms with Crippen molar-refractivity contribution in [2.24, 2.45) is 56.8 Å². The second-order valence-corrected chi connectivity index (χ2v) is 32.3. The van der Waals surface area contributed by atoms with Crippen LogP contribution < -0.4 is 120 Å². The summed E-state index contributed by atoms with van der Waals surface area (Å²) >= 11 is 0. The number of aliphatic hydroxyl groups excluding tert-OH is 1. The van der Waals surface area contributed by atoms with Gasteiger partial charge in [-0.15, -0.1) is 0 Å². The molecule has 16 amide bonds. The Hall–Kier alpha value is -11.5. The molecule has 35 N–H and O–H groups in total. The minimum absolute atomic E-state index is 0.0302. The highest BCUT2D eigenvalue weighted by Gasteiger charge is 2.39. The van der Waals surface area contributed by atoms with E-state index in [1.165, 1.54) is 51.9 Å². The van der Waals surface area contributed by atoms with Gasteiger partial charge in [0.15, 0.2) is 5.96 Å². The van der Waals surface area contributed by atoms with Gasteiger partial charge in [-0.25, -0.2) is 4.79 Å². The average molecular weight is 1870 g/mol. The van der Waals surface area contributed by atoms with Crippen LogP contribution in [-0.2, 0) is 95.9 Å². The molecule has 14 atom stereocenters. The van der Waals surface area contributed by atoms with Crippen LogP contribution in [-0.4, -0.2) is 274 Å². The predicted octanol–water partition coefficient (Wildman–Crippen LogP) is -5.06. The number of nitrogens with zero attached hydrogens (tertiary/aromatic N) is 1. The number of carboxylic acids is 4. The first kappa shape index (κ1) is 119. The quantitative estimate of drug-likeness (QED) is 0.0154. The maximum Gasteiger partial charge on any atom is 0.326 e. The number of aliphatic carboxylic acids is 4. The van der Waals surface area contributed by atoms with Crippen molar-refractivity contribution in [2.75, 3.05) is 45.9 Å². The van der Waals surface area contributed by atoms with E-state index >= 15 is 0 Å². The molecule has 0 fully saturated rings. The number of unbranched alkanes of at least 4 members (excludes halogenated alkanes) is 16. The number of amides is 16. The zero-order valence-electron chi connectivity index (χ0n) is 76.2. The lowest BCUT2D eigenvalue weighted by Gasteiger charge is -2.28. The maximum atomic E-state index is 14.8. The zero-order valence-corrected chi connectivity index (χ0v) is 76.2. The summed E-state index contributed by atoms with van der Waals surface area (Å²) in [5, 5.41) is 82.6. The Morgan fingerprint density at radius 1 is 0.298 bits per heavy atom. The number of carbonyl (C=O) groups excluding carboxylic acids is 16. The molecule has 48 nitrogen and oxygen atoms in total. The second-order valence-electron chi connectivity index (χ2n) is 32.3. The lowest BCUT2D eigenvalue weighted by atomic mass is 9.97. The summed E-state index contributed by atoms with van der Waals surface area (Å²) < 4.78 is 0. The topological polar surface area (TPSA) is 831 Å². The molecule has 0 aliphatic carbocycles. The molecular formula is C83H149N23O25. The van der Waals surface area contributed by atoms with Gasteiger partial charge in [0.05, 0.1) is 26.0 Å². The van der Waals surface area contributed by atoms with Gasteiger partial charge in [0.25, 0.3) is 0 Å². The minimum atomic E-state index is -2.15. The Labute approximate surface area is 763 Å². The molecule has 131 heavy (non-hydrogen) atoms. The highest BCUT2D eigenvalue weighted by atomic mass is 16.4. The van der Waals surface area contributed by atoms with E-state index in [1.807, 2.05) is 5.32 Å². The normalized spacial score (nSPS) is 14.2. The molecule has 0 spiro atoms. The molecule has 0 aromatic heterocycles. The summed E-state index contributed by atoms with van der Waals surface area (Å²) in [5.41, 5.74) is 45.1. The van der Waals surface area contributed by atoms with E-state index in [0.29, 0.717) is 32.1 Å². The first-order valence-corrected chi connectivity index (χ1v) is 45.3. The van der Waals surface area contributed by atoms with Crippen molar-refractivity contribution >= 4 is 124 Å². The number of hydrogen-bond donors (Lipinski definition) is 27. The van der Waals surface area contributed by atoms with Crippen LogP contribution in [0.2, 0.25) is 0 Å². The molecular weight excluding hydrogens is 1720 g/mol. The van der Waals surface area contributed by atoms with Crippen LogP contribution in [0.15, 0.2) is 4.99 Å². The van der Waals surface area contributed by atoms with E-state index in [1.54, 1.807) is 13.8 Å². The van der Waals surface area contributed by atoms with Crippen LogP contribution in [0, 0.1) is 5.92 Å². The molecule has 0 unspecified atom stereocenters. The number of nitrogens with two attached hydrogens (primary N) is 8. The Balaban J connectivity index is 7.14.